The third-order valence-electron chi connectivity index (χ3n) is 4.81. The van der Waals surface area contributed by atoms with Gasteiger partial charge in [0.2, 0.25) is 6.79 Å². The zero-order chi connectivity index (χ0) is 18.9. The Morgan fingerprint density at radius 3 is 2.82 bits per heavy atom. The summed E-state index contributed by atoms with van der Waals surface area (Å²) in [7, 11) is 0. The van der Waals surface area contributed by atoms with Crippen molar-refractivity contribution in [3.63, 3.8) is 0 Å². The lowest BCUT2D eigenvalue weighted by Crippen LogP contribution is -2.50. The molecule has 0 unspecified atom stereocenters. The molecule has 1 fully saturated rings. The number of nitrogens with zero attached hydrogens (tertiary/aromatic N) is 6. The Morgan fingerprint density at radius 1 is 1.07 bits per heavy atom. The zero-order valence-corrected chi connectivity index (χ0v) is 15.0. The van der Waals surface area contributed by atoms with Gasteiger partial charge in [-0.1, -0.05) is 0 Å². The first-order valence-corrected chi connectivity index (χ1v) is 8.98. The van der Waals surface area contributed by atoms with Crippen molar-refractivity contribution >= 4 is 17.4 Å². The van der Waals surface area contributed by atoms with E-state index in [0.29, 0.717) is 49.1 Å². The van der Waals surface area contributed by atoms with E-state index in [9.17, 15) is 4.79 Å². The predicted molar refractivity (Wildman–Crippen MR) is 97.6 cm³/mol. The van der Waals surface area contributed by atoms with Gasteiger partial charge in [-0.25, -0.2) is 0 Å². The smallest absolute Gasteiger partial charge is 0.260 e. The summed E-state index contributed by atoms with van der Waals surface area (Å²) in [6.07, 6.45) is 1.58. The fourth-order valence-corrected chi connectivity index (χ4v) is 3.28. The highest BCUT2D eigenvalue weighted by atomic mass is 16.7. The van der Waals surface area contributed by atoms with Crippen molar-refractivity contribution in [1.29, 1.82) is 0 Å². The molecule has 0 saturated carbocycles. The molecule has 28 heavy (non-hydrogen) atoms. The lowest BCUT2D eigenvalue weighted by Gasteiger charge is -2.35. The first-order chi connectivity index (χ1) is 13.8. The first-order valence-electron chi connectivity index (χ1n) is 8.98. The number of fused-ring (bicyclic) bond motifs is 2. The molecule has 1 aromatic carbocycles. The molecule has 144 valence electrons. The highest BCUT2D eigenvalue weighted by molar-refractivity contribution is 5.78. The Balaban J connectivity index is 1.15. The molecule has 2 aromatic heterocycles. The van der Waals surface area contributed by atoms with Gasteiger partial charge >= 0.3 is 0 Å². The van der Waals surface area contributed by atoms with Gasteiger partial charge < -0.3 is 24.0 Å². The zero-order valence-electron chi connectivity index (χ0n) is 15.0. The molecule has 0 N–H and O–H groups in total. The Labute approximate surface area is 160 Å². The summed E-state index contributed by atoms with van der Waals surface area (Å²) < 4.78 is 17.9. The molecule has 0 aliphatic carbocycles. The number of ether oxygens (including phenoxy) is 3. The summed E-state index contributed by atoms with van der Waals surface area (Å²) in [6, 6.07) is 9.09. The van der Waals surface area contributed by atoms with E-state index in [1.54, 1.807) is 33.9 Å². The molecule has 0 atom stereocenters. The fourth-order valence-electron chi connectivity index (χ4n) is 3.28. The minimum absolute atomic E-state index is 0.00937. The van der Waals surface area contributed by atoms with E-state index in [4.69, 9.17) is 14.2 Å². The van der Waals surface area contributed by atoms with Crippen molar-refractivity contribution in [2.24, 2.45) is 0 Å². The van der Waals surface area contributed by atoms with Crippen LogP contribution in [0, 0.1) is 0 Å². The largest absolute Gasteiger partial charge is 0.484 e. The highest BCUT2D eigenvalue weighted by Crippen LogP contribution is 2.35. The Bertz CT molecular complexity index is 1010. The maximum atomic E-state index is 12.5. The van der Waals surface area contributed by atoms with Crippen LogP contribution < -0.4 is 19.1 Å². The minimum Gasteiger partial charge on any atom is -0.484 e. The molecule has 10 nitrogen and oxygen atoms in total. The third kappa shape index (κ3) is 3.13. The van der Waals surface area contributed by atoms with Gasteiger partial charge in [-0.05, 0) is 24.3 Å². The molecular formula is C18H18N6O4. The summed E-state index contributed by atoms with van der Waals surface area (Å²) in [6.45, 7) is 2.84. The van der Waals surface area contributed by atoms with E-state index in [1.807, 2.05) is 12.1 Å². The number of amides is 1. The first kappa shape index (κ1) is 16.6. The number of piperazine rings is 1. The molecule has 2 aliphatic rings. The van der Waals surface area contributed by atoms with Gasteiger partial charge in [-0.3, -0.25) is 4.79 Å². The normalized spacial score (nSPS) is 15.9. The van der Waals surface area contributed by atoms with Crippen molar-refractivity contribution in [1.82, 2.24) is 24.7 Å². The van der Waals surface area contributed by atoms with Gasteiger partial charge in [0.1, 0.15) is 17.9 Å². The van der Waals surface area contributed by atoms with Gasteiger partial charge in [0.05, 0.1) is 0 Å². The van der Waals surface area contributed by atoms with Gasteiger partial charge in [-0.15, -0.1) is 15.3 Å². The lowest BCUT2D eigenvalue weighted by atomic mass is 10.3. The van der Waals surface area contributed by atoms with E-state index >= 15 is 0 Å². The second-order valence-corrected chi connectivity index (χ2v) is 6.50. The highest BCUT2D eigenvalue weighted by Gasteiger charge is 2.23. The quantitative estimate of drug-likeness (QED) is 0.647. The molecule has 4 heterocycles. The van der Waals surface area contributed by atoms with Crippen molar-refractivity contribution in [3.05, 3.63) is 36.7 Å². The summed E-state index contributed by atoms with van der Waals surface area (Å²) in [5, 5.41) is 12.3. The van der Waals surface area contributed by atoms with Crippen LogP contribution in [0.3, 0.4) is 0 Å². The van der Waals surface area contributed by atoms with Crippen LogP contribution in [-0.2, 0) is 4.79 Å². The van der Waals surface area contributed by atoms with Crippen LogP contribution in [0.4, 0.5) is 5.82 Å². The van der Waals surface area contributed by atoms with E-state index < -0.39 is 0 Å². The SMILES string of the molecule is O=C(COc1ccc2c(c1)OCO2)N1CCN(c2ccc3nncn3n2)CC1. The second kappa shape index (κ2) is 6.87. The van der Waals surface area contributed by atoms with Crippen LogP contribution in [0.25, 0.3) is 5.65 Å². The van der Waals surface area contributed by atoms with Crippen LogP contribution in [0.1, 0.15) is 0 Å². The van der Waals surface area contributed by atoms with Gasteiger partial charge in [0.15, 0.2) is 23.8 Å². The second-order valence-electron chi connectivity index (χ2n) is 6.50. The monoisotopic (exact) mass is 382 g/mol. The van der Waals surface area contributed by atoms with Crippen molar-refractivity contribution in [2.45, 2.75) is 0 Å². The Hall–Kier alpha value is -3.56. The van der Waals surface area contributed by atoms with Gasteiger partial charge in [0.25, 0.3) is 5.91 Å². The maximum absolute atomic E-state index is 12.5. The molecule has 1 amide bonds. The van der Waals surface area contributed by atoms with E-state index in [-0.39, 0.29) is 19.3 Å². The number of hydrogen-bond acceptors (Lipinski definition) is 8. The molecule has 10 heteroatoms. The number of aromatic nitrogens is 4. The van der Waals surface area contributed by atoms with Crippen molar-refractivity contribution < 1.29 is 19.0 Å². The van der Waals surface area contributed by atoms with Crippen LogP contribution >= 0.6 is 0 Å². The Morgan fingerprint density at radius 2 is 1.93 bits per heavy atom. The number of rotatable bonds is 4. The standard InChI is InChI=1S/C18H18N6O4/c25-18(10-26-13-1-2-14-15(9-13)28-12-27-14)23-7-5-22(6-8-23)17-4-3-16-20-19-11-24(16)21-17/h1-4,9,11H,5-8,10,12H2. The summed E-state index contributed by atoms with van der Waals surface area (Å²) in [4.78, 5) is 16.4. The summed E-state index contributed by atoms with van der Waals surface area (Å²) >= 11 is 0. The molecule has 0 radical (unpaired) electrons. The van der Waals surface area contributed by atoms with Gasteiger partial charge in [-0.2, -0.15) is 4.52 Å². The van der Waals surface area contributed by atoms with Gasteiger partial charge in [0, 0.05) is 32.2 Å². The average Bonchev–Trinajstić information content (AvgIpc) is 3.40. The molecular weight excluding hydrogens is 364 g/mol. The maximum Gasteiger partial charge on any atom is 0.260 e. The molecule has 2 aliphatic heterocycles. The van der Waals surface area contributed by atoms with Crippen LogP contribution in [-0.4, -0.2) is 70.2 Å². The van der Waals surface area contributed by atoms with Crippen molar-refractivity contribution in [3.8, 4) is 17.2 Å². The topological polar surface area (TPSA) is 94.3 Å². The fraction of sp³-hybridized carbons (Fsp3) is 0.333. The molecule has 0 bridgehead atoms. The predicted octanol–water partition coefficient (Wildman–Crippen LogP) is 0.581. The van der Waals surface area contributed by atoms with E-state index in [0.717, 1.165) is 5.82 Å². The summed E-state index contributed by atoms with van der Waals surface area (Å²) in [5.74, 6) is 2.71. The third-order valence-corrected chi connectivity index (χ3v) is 4.81. The number of carbonyl (C=O) groups is 1. The van der Waals surface area contributed by atoms with Crippen LogP contribution in [0.5, 0.6) is 17.2 Å². The lowest BCUT2D eigenvalue weighted by molar-refractivity contribution is -0.133. The average molecular weight is 382 g/mol. The Kier molecular flexibility index (Phi) is 4.08. The number of carbonyl (C=O) groups excluding carboxylic acids is 1. The van der Waals surface area contributed by atoms with E-state index in [1.165, 1.54) is 0 Å². The van der Waals surface area contributed by atoms with E-state index in [2.05, 4.69) is 20.2 Å². The molecule has 1 saturated heterocycles. The van der Waals surface area contributed by atoms with Crippen molar-refractivity contribution in [2.75, 3.05) is 44.5 Å². The minimum atomic E-state index is -0.0421. The molecule has 5 rings (SSSR count). The number of anilines is 1. The van der Waals surface area contributed by atoms with Crippen LogP contribution in [0.2, 0.25) is 0 Å². The summed E-state index contributed by atoms with van der Waals surface area (Å²) in [5.41, 5.74) is 0.707. The molecule has 0 spiro atoms. The molecule has 3 aromatic rings. The number of benzene rings is 1. The van der Waals surface area contributed by atoms with Crippen LogP contribution in [0.15, 0.2) is 36.7 Å². The number of hydrogen-bond donors (Lipinski definition) is 0.